The van der Waals surface area contributed by atoms with E-state index < -0.39 is 5.97 Å². The molecule has 0 fully saturated rings. The number of hydrogen-bond acceptors (Lipinski definition) is 3. The van der Waals surface area contributed by atoms with Crippen LogP contribution in [0.4, 0.5) is 0 Å². The maximum absolute atomic E-state index is 8.63. The molecule has 0 atom stereocenters. The highest BCUT2D eigenvalue weighted by atomic mass is 16.8. The molecule has 8 heavy (non-hydrogen) atoms. The van der Waals surface area contributed by atoms with Crippen molar-refractivity contribution in [3.63, 3.8) is 0 Å². The van der Waals surface area contributed by atoms with Crippen molar-refractivity contribution in [1.29, 1.82) is 0 Å². The lowest BCUT2D eigenvalue weighted by molar-refractivity contribution is -0.297. The van der Waals surface area contributed by atoms with Crippen LogP contribution in [-0.4, -0.2) is 23.3 Å². The second-order valence-corrected chi connectivity index (χ2v) is 1.59. The zero-order chi connectivity index (χ0) is 6.78. The third kappa shape index (κ3) is 1.61. The van der Waals surface area contributed by atoms with Crippen LogP contribution >= 0.6 is 0 Å². The van der Waals surface area contributed by atoms with Crippen LogP contribution in [-0.2, 0) is 4.74 Å². The van der Waals surface area contributed by atoms with Gasteiger partial charge in [0.05, 0.1) is 0 Å². The predicted molar refractivity (Wildman–Crippen MR) is 29.0 cm³/mol. The van der Waals surface area contributed by atoms with E-state index in [1.54, 1.807) is 0 Å². The van der Waals surface area contributed by atoms with Gasteiger partial charge in [-0.3, -0.25) is 0 Å². The minimum absolute atomic E-state index is 0.167. The molecule has 0 saturated carbocycles. The first-order valence-corrected chi connectivity index (χ1v) is 2.16. The fraction of sp³-hybridized carbons (Fsp3) is 0.600. The first-order valence-electron chi connectivity index (χ1n) is 2.16. The molecule has 0 unspecified atom stereocenters. The summed E-state index contributed by atoms with van der Waals surface area (Å²) in [7, 11) is 1.19. The zero-order valence-corrected chi connectivity index (χ0v) is 5.01. The van der Waals surface area contributed by atoms with Gasteiger partial charge in [0.1, 0.15) is 0 Å². The van der Waals surface area contributed by atoms with E-state index in [1.165, 1.54) is 14.0 Å². The van der Waals surface area contributed by atoms with Crippen LogP contribution in [0.2, 0.25) is 0 Å². The number of rotatable bonds is 2. The molecule has 0 aliphatic rings. The Labute approximate surface area is 48.2 Å². The molecule has 0 saturated heterocycles. The van der Waals surface area contributed by atoms with Gasteiger partial charge in [0, 0.05) is 12.7 Å². The largest absolute Gasteiger partial charge is 0.340 e. The summed E-state index contributed by atoms with van der Waals surface area (Å²) in [6, 6.07) is 0. The van der Waals surface area contributed by atoms with Crippen LogP contribution in [0, 0.1) is 0 Å². The zero-order valence-electron chi connectivity index (χ0n) is 5.01. The quantitative estimate of drug-likeness (QED) is 0.391. The summed E-state index contributed by atoms with van der Waals surface area (Å²) in [4.78, 5) is 0. The third-order valence-electron chi connectivity index (χ3n) is 0.841. The van der Waals surface area contributed by atoms with E-state index in [9.17, 15) is 0 Å². The molecule has 0 heterocycles. The lowest BCUT2D eigenvalue weighted by Gasteiger charge is -2.18. The minimum atomic E-state index is -2.15. The molecule has 0 aromatic heterocycles. The molecule has 0 aromatic carbocycles. The van der Waals surface area contributed by atoms with Crippen molar-refractivity contribution in [2.45, 2.75) is 12.9 Å². The van der Waals surface area contributed by atoms with E-state index in [0.717, 1.165) is 0 Å². The van der Waals surface area contributed by atoms with Crippen molar-refractivity contribution in [3.8, 4) is 0 Å². The Morgan fingerprint density at radius 2 is 2.00 bits per heavy atom. The summed E-state index contributed by atoms with van der Waals surface area (Å²) < 4.78 is 4.21. The molecule has 0 aliphatic heterocycles. The molecule has 0 rings (SSSR count). The second-order valence-electron chi connectivity index (χ2n) is 1.59. The molecule has 0 bridgehead atoms. The predicted octanol–water partition coefficient (Wildman–Crippen LogP) is -0.153. The first kappa shape index (κ1) is 7.62. The van der Waals surface area contributed by atoms with Crippen LogP contribution in [0.3, 0.4) is 0 Å². The number of methoxy groups -OCH3 is 1. The molecule has 3 heteroatoms. The van der Waals surface area contributed by atoms with Gasteiger partial charge in [-0.25, -0.2) is 0 Å². The number of ether oxygens (including phenoxy) is 1. The molecule has 48 valence electrons. The molecule has 0 spiro atoms. The monoisotopic (exact) mass is 118 g/mol. The van der Waals surface area contributed by atoms with Crippen molar-refractivity contribution < 1.29 is 14.9 Å². The van der Waals surface area contributed by atoms with Gasteiger partial charge >= 0.3 is 5.97 Å². The lowest BCUT2D eigenvalue weighted by atomic mass is 10.3. The standard InChI is InChI=1S/C5H10O3/c1-4(2)5(6,7)8-3/h6-7H,1H2,2-3H3. The molecular weight excluding hydrogens is 108 g/mol. The molecule has 0 aromatic rings. The van der Waals surface area contributed by atoms with Gasteiger partial charge in [0.25, 0.3) is 0 Å². The van der Waals surface area contributed by atoms with Crippen LogP contribution in [0.1, 0.15) is 6.92 Å². The summed E-state index contributed by atoms with van der Waals surface area (Å²) in [6.07, 6.45) is 0. The summed E-state index contributed by atoms with van der Waals surface area (Å²) >= 11 is 0. The molecule has 3 nitrogen and oxygen atoms in total. The van der Waals surface area contributed by atoms with Crippen molar-refractivity contribution >= 4 is 0 Å². The van der Waals surface area contributed by atoms with Crippen LogP contribution < -0.4 is 0 Å². The maximum Gasteiger partial charge on any atom is 0.301 e. The van der Waals surface area contributed by atoms with Crippen LogP contribution in [0.25, 0.3) is 0 Å². The smallest absolute Gasteiger partial charge is 0.301 e. The van der Waals surface area contributed by atoms with Gasteiger partial charge in [-0.05, 0) is 6.92 Å². The Kier molecular flexibility index (Phi) is 2.15. The van der Waals surface area contributed by atoms with E-state index in [0.29, 0.717) is 0 Å². The number of aliphatic hydroxyl groups is 2. The van der Waals surface area contributed by atoms with Gasteiger partial charge in [0.15, 0.2) is 0 Å². The Morgan fingerprint density at radius 3 is 2.00 bits per heavy atom. The Morgan fingerprint density at radius 1 is 1.62 bits per heavy atom. The van der Waals surface area contributed by atoms with Gasteiger partial charge in [-0.1, -0.05) is 6.58 Å². The van der Waals surface area contributed by atoms with Gasteiger partial charge in [-0.15, -0.1) is 0 Å². The Balaban J connectivity index is 3.91. The SMILES string of the molecule is C=C(C)C(O)(O)OC. The van der Waals surface area contributed by atoms with Crippen molar-refractivity contribution in [2.75, 3.05) is 7.11 Å². The highest BCUT2D eigenvalue weighted by Gasteiger charge is 2.22. The summed E-state index contributed by atoms with van der Waals surface area (Å²) in [5, 5.41) is 17.3. The molecule has 0 amide bonds. The van der Waals surface area contributed by atoms with Gasteiger partial charge in [0.2, 0.25) is 0 Å². The molecular formula is C5H10O3. The molecule has 0 radical (unpaired) electrons. The fourth-order valence-corrected chi connectivity index (χ4v) is 0.174. The van der Waals surface area contributed by atoms with E-state index in [-0.39, 0.29) is 5.57 Å². The van der Waals surface area contributed by atoms with Crippen LogP contribution in [0.15, 0.2) is 12.2 Å². The third-order valence-corrected chi connectivity index (χ3v) is 0.841. The second kappa shape index (κ2) is 2.26. The van der Waals surface area contributed by atoms with E-state index >= 15 is 0 Å². The molecule has 0 aliphatic carbocycles. The number of hydrogen-bond donors (Lipinski definition) is 2. The highest BCUT2D eigenvalue weighted by Crippen LogP contribution is 2.09. The average Bonchev–Trinajstić information content (AvgIpc) is 1.67. The van der Waals surface area contributed by atoms with Gasteiger partial charge in [-0.2, -0.15) is 0 Å². The summed E-state index contributed by atoms with van der Waals surface area (Å²) in [5.74, 6) is -2.15. The van der Waals surface area contributed by atoms with Crippen LogP contribution in [0.5, 0.6) is 0 Å². The topological polar surface area (TPSA) is 49.7 Å². The minimum Gasteiger partial charge on any atom is -0.340 e. The lowest BCUT2D eigenvalue weighted by Crippen LogP contribution is -2.30. The molecule has 2 N–H and O–H groups in total. The van der Waals surface area contributed by atoms with Crippen molar-refractivity contribution in [1.82, 2.24) is 0 Å². The fourth-order valence-electron chi connectivity index (χ4n) is 0.174. The van der Waals surface area contributed by atoms with E-state index in [2.05, 4.69) is 11.3 Å². The Hall–Kier alpha value is -0.380. The maximum atomic E-state index is 8.63. The highest BCUT2D eigenvalue weighted by molar-refractivity contribution is 4.96. The normalized spacial score (nSPS) is 11.5. The first-order chi connectivity index (χ1) is 3.50. The van der Waals surface area contributed by atoms with Crippen molar-refractivity contribution in [2.24, 2.45) is 0 Å². The average molecular weight is 118 g/mol. The van der Waals surface area contributed by atoms with Gasteiger partial charge < -0.3 is 14.9 Å². The van der Waals surface area contributed by atoms with E-state index in [4.69, 9.17) is 10.2 Å². The van der Waals surface area contributed by atoms with E-state index in [1.807, 2.05) is 0 Å². The summed E-state index contributed by atoms with van der Waals surface area (Å²) in [5.41, 5.74) is 0.167. The Bertz CT molecular complexity index is 95.8. The summed E-state index contributed by atoms with van der Waals surface area (Å²) in [6.45, 7) is 4.73. The van der Waals surface area contributed by atoms with Crippen molar-refractivity contribution in [3.05, 3.63) is 12.2 Å².